The summed E-state index contributed by atoms with van der Waals surface area (Å²) in [5.41, 5.74) is 4.58. The number of hydrogen-bond acceptors (Lipinski definition) is 2. The van der Waals surface area contributed by atoms with Crippen molar-refractivity contribution in [3.63, 3.8) is 0 Å². The summed E-state index contributed by atoms with van der Waals surface area (Å²) in [7, 11) is 4.47. The van der Waals surface area contributed by atoms with Crippen molar-refractivity contribution in [2.45, 2.75) is 42.5 Å². The predicted octanol–water partition coefficient (Wildman–Crippen LogP) is 3.44. The van der Waals surface area contributed by atoms with Crippen LogP contribution in [0.4, 0.5) is 0 Å². The SMILES string of the molecule is CC(B1N(C)CCN1C)=C(C)C(C)=[C](C)[Sn]([CH3])([CH3])[CH3]. The molecule has 19 heavy (non-hydrogen) atoms. The molecule has 2 nitrogen and oxygen atoms in total. The molecule has 0 atom stereocenters. The summed E-state index contributed by atoms with van der Waals surface area (Å²) in [5, 5.41) is 0. The van der Waals surface area contributed by atoms with E-state index in [0.717, 1.165) is 0 Å². The molecule has 1 aliphatic rings. The first kappa shape index (κ1) is 17.3. The molecule has 1 rings (SSSR count). The minimum absolute atomic E-state index is 0.484. The molecule has 0 saturated carbocycles. The van der Waals surface area contributed by atoms with Gasteiger partial charge < -0.3 is 0 Å². The van der Waals surface area contributed by atoms with Gasteiger partial charge in [-0.15, -0.1) is 0 Å². The van der Waals surface area contributed by atoms with Crippen molar-refractivity contribution in [2.24, 2.45) is 0 Å². The number of hydrogen-bond donors (Lipinski definition) is 0. The molecule has 1 saturated heterocycles. The molecule has 0 aromatic carbocycles. The Balaban J connectivity index is 3.16. The van der Waals surface area contributed by atoms with Crippen LogP contribution in [0.25, 0.3) is 0 Å². The molecule has 0 bridgehead atoms. The second kappa shape index (κ2) is 6.36. The summed E-state index contributed by atoms with van der Waals surface area (Å²) in [6, 6.07) is 0. The molecule has 0 aromatic rings. The second-order valence-corrected chi connectivity index (χ2v) is 22.1. The summed E-state index contributed by atoms with van der Waals surface area (Å²) in [6.07, 6.45) is 0. The van der Waals surface area contributed by atoms with Crippen molar-refractivity contribution < 1.29 is 0 Å². The molecule has 0 N–H and O–H groups in total. The average molecular weight is 369 g/mol. The first-order chi connectivity index (χ1) is 8.57. The van der Waals surface area contributed by atoms with Gasteiger partial charge in [0.2, 0.25) is 0 Å². The van der Waals surface area contributed by atoms with Crippen molar-refractivity contribution in [1.29, 1.82) is 0 Å². The first-order valence-corrected chi connectivity index (χ1v) is 17.3. The Morgan fingerprint density at radius 1 is 0.842 bits per heavy atom. The molecule has 0 amide bonds. The van der Waals surface area contributed by atoms with Gasteiger partial charge in [0.1, 0.15) is 0 Å². The molecule has 4 heteroatoms. The number of likely N-dealkylation sites (N-methyl/N-ethyl adjacent to an activating group) is 2. The number of allylic oxidation sites excluding steroid dienone is 4. The van der Waals surface area contributed by atoms with Crippen LogP contribution in [0.5, 0.6) is 0 Å². The Morgan fingerprint density at radius 2 is 1.26 bits per heavy atom. The first-order valence-electron chi connectivity index (χ1n) is 7.33. The fourth-order valence-electron chi connectivity index (χ4n) is 2.89. The molecular formula is C15H31BN2Sn. The third kappa shape index (κ3) is 3.88. The summed E-state index contributed by atoms with van der Waals surface area (Å²) in [6.45, 7) is 12.1. The van der Waals surface area contributed by atoms with Crippen molar-refractivity contribution in [2.75, 3.05) is 27.2 Å². The standard InChI is InChI=1S/C12H22BN2.3CH3.Sn/c1-7-10(2)11(3)12(4)13-14(5)8-9-15(13)6;;;;/h8-9H2,1-6H3;3*1H3;. The summed E-state index contributed by atoms with van der Waals surface area (Å²) in [5.74, 6) is 0. The predicted molar refractivity (Wildman–Crippen MR) is 91.1 cm³/mol. The zero-order chi connectivity index (χ0) is 15.0. The number of nitrogens with zero attached hydrogens (tertiary/aromatic N) is 2. The van der Waals surface area contributed by atoms with Gasteiger partial charge in [0.25, 0.3) is 0 Å². The van der Waals surface area contributed by atoms with E-state index >= 15 is 0 Å². The fourth-order valence-corrected chi connectivity index (χ4v) is 6.64. The molecule has 1 aliphatic heterocycles. The summed E-state index contributed by atoms with van der Waals surface area (Å²) in [4.78, 5) is 12.4. The Labute approximate surface area is 124 Å². The molecule has 1 fully saturated rings. The van der Waals surface area contributed by atoms with Crippen LogP contribution in [-0.4, -0.2) is 62.2 Å². The molecule has 1 heterocycles. The van der Waals surface area contributed by atoms with E-state index in [-0.39, 0.29) is 0 Å². The van der Waals surface area contributed by atoms with Gasteiger partial charge in [-0.05, 0) is 0 Å². The quantitative estimate of drug-likeness (QED) is 0.556. The van der Waals surface area contributed by atoms with E-state index in [9.17, 15) is 0 Å². The summed E-state index contributed by atoms with van der Waals surface area (Å²) < 4.78 is 1.70. The van der Waals surface area contributed by atoms with Gasteiger partial charge in [-0.25, -0.2) is 0 Å². The monoisotopic (exact) mass is 370 g/mol. The van der Waals surface area contributed by atoms with Crippen LogP contribution in [0.15, 0.2) is 20.2 Å². The van der Waals surface area contributed by atoms with Gasteiger partial charge in [-0.2, -0.15) is 0 Å². The van der Waals surface area contributed by atoms with Crippen molar-refractivity contribution >= 4 is 25.4 Å². The van der Waals surface area contributed by atoms with Crippen molar-refractivity contribution in [1.82, 2.24) is 9.62 Å². The van der Waals surface area contributed by atoms with E-state index < -0.39 is 18.4 Å². The maximum absolute atomic E-state index is 2.50. The van der Waals surface area contributed by atoms with Crippen LogP contribution in [0.3, 0.4) is 0 Å². The van der Waals surface area contributed by atoms with E-state index in [1.54, 1.807) is 9.16 Å². The Morgan fingerprint density at radius 3 is 1.63 bits per heavy atom. The molecule has 0 aromatic heterocycles. The zero-order valence-electron chi connectivity index (χ0n) is 14.4. The van der Waals surface area contributed by atoms with Crippen molar-refractivity contribution in [3.8, 4) is 0 Å². The maximum atomic E-state index is 2.50. The average Bonchev–Trinajstić information content (AvgIpc) is 2.64. The third-order valence-corrected chi connectivity index (χ3v) is 12.4. The van der Waals surface area contributed by atoms with E-state index in [4.69, 9.17) is 0 Å². The van der Waals surface area contributed by atoms with E-state index in [0.29, 0.717) is 6.98 Å². The topological polar surface area (TPSA) is 6.48 Å². The molecule has 108 valence electrons. The van der Waals surface area contributed by atoms with Gasteiger partial charge in [0.15, 0.2) is 0 Å². The van der Waals surface area contributed by atoms with Gasteiger partial charge in [0.05, 0.1) is 0 Å². The molecule has 0 unspecified atom stereocenters. The van der Waals surface area contributed by atoms with Gasteiger partial charge >= 0.3 is 125 Å². The van der Waals surface area contributed by atoms with Gasteiger partial charge in [0, 0.05) is 0 Å². The minimum atomic E-state index is -1.92. The second-order valence-electron chi connectivity index (χ2n) is 7.14. The third-order valence-electron chi connectivity index (χ3n) is 4.87. The van der Waals surface area contributed by atoms with E-state index in [1.807, 2.05) is 0 Å². The fraction of sp³-hybridized carbons (Fsp3) is 0.733. The van der Waals surface area contributed by atoms with Crippen LogP contribution in [-0.2, 0) is 0 Å². The van der Waals surface area contributed by atoms with Crippen LogP contribution >= 0.6 is 0 Å². The molecular weight excluding hydrogens is 338 g/mol. The Kier molecular flexibility index (Phi) is 5.79. The van der Waals surface area contributed by atoms with Crippen LogP contribution in [0.2, 0.25) is 14.8 Å². The molecule has 0 spiro atoms. The normalized spacial score (nSPS) is 21.6. The summed E-state index contributed by atoms with van der Waals surface area (Å²) >= 11 is -1.92. The van der Waals surface area contributed by atoms with Gasteiger partial charge in [-0.1, -0.05) is 0 Å². The van der Waals surface area contributed by atoms with E-state index in [2.05, 4.69) is 66.2 Å². The number of rotatable bonds is 3. The molecule has 0 radical (unpaired) electrons. The van der Waals surface area contributed by atoms with Gasteiger partial charge in [-0.3, -0.25) is 0 Å². The van der Waals surface area contributed by atoms with E-state index in [1.165, 1.54) is 24.1 Å². The van der Waals surface area contributed by atoms with Crippen molar-refractivity contribution in [3.05, 3.63) is 20.2 Å². The van der Waals surface area contributed by atoms with Crippen LogP contribution in [0.1, 0.15) is 27.7 Å². The Hall–Kier alpha value is 0.264. The zero-order valence-corrected chi connectivity index (χ0v) is 17.2. The Bertz CT molecular complexity index is 397. The van der Waals surface area contributed by atoms with Crippen LogP contribution < -0.4 is 0 Å². The molecule has 0 aliphatic carbocycles. The van der Waals surface area contributed by atoms with Crippen LogP contribution in [0, 0.1) is 0 Å².